The van der Waals surface area contributed by atoms with E-state index in [1.54, 1.807) is 5.38 Å². The molecule has 0 aromatic carbocycles. The summed E-state index contributed by atoms with van der Waals surface area (Å²) in [4.78, 5) is 25.2. The van der Waals surface area contributed by atoms with E-state index in [2.05, 4.69) is 9.72 Å². The van der Waals surface area contributed by atoms with E-state index in [1.165, 1.54) is 6.20 Å². The monoisotopic (exact) mass is 171 g/mol. The third-order valence-electron chi connectivity index (χ3n) is 0.997. The minimum absolute atomic E-state index is 0.164. The Balaban J connectivity index is 2.79. The molecule has 0 amide bonds. The van der Waals surface area contributed by atoms with Crippen LogP contribution in [0.2, 0.25) is 0 Å². The van der Waals surface area contributed by atoms with Crippen molar-refractivity contribution < 1.29 is 14.3 Å². The van der Waals surface area contributed by atoms with Gasteiger partial charge < -0.3 is 4.74 Å². The first-order valence-electron chi connectivity index (χ1n) is 2.78. The maximum Gasteiger partial charge on any atom is 0.382 e. The number of carbonyl (C=O) groups excluding carboxylic acids is 2. The zero-order valence-electron chi connectivity index (χ0n) is 5.73. The van der Waals surface area contributed by atoms with Gasteiger partial charge in [0.2, 0.25) is 0 Å². The van der Waals surface area contributed by atoms with Crippen LogP contribution in [0.5, 0.6) is 0 Å². The van der Waals surface area contributed by atoms with Gasteiger partial charge in [0.15, 0.2) is 5.01 Å². The fraction of sp³-hybridized carbons (Fsp3) is 0.167. The number of ether oxygens (including phenoxy) is 1. The molecule has 0 aliphatic rings. The smallest absolute Gasteiger partial charge is 0.382 e. The molecule has 0 fully saturated rings. The molecule has 0 saturated carbocycles. The van der Waals surface area contributed by atoms with E-state index in [9.17, 15) is 9.59 Å². The molecule has 0 spiro atoms. The molecule has 0 unspecified atom stereocenters. The predicted octanol–water partition coefficient (Wildman–Crippen LogP) is 0.499. The van der Waals surface area contributed by atoms with Crippen LogP contribution >= 0.6 is 11.3 Å². The van der Waals surface area contributed by atoms with Gasteiger partial charge in [-0.2, -0.15) is 0 Å². The summed E-state index contributed by atoms with van der Waals surface area (Å²) in [6, 6.07) is 0. The van der Waals surface area contributed by atoms with Crippen molar-refractivity contribution in [3.63, 3.8) is 0 Å². The second-order valence-corrected chi connectivity index (χ2v) is 2.55. The maximum atomic E-state index is 10.9. The van der Waals surface area contributed by atoms with Crippen LogP contribution in [-0.4, -0.2) is 23.8 Å². The van der Waals surface area contributed by atoms with Gasteiger partial charge in [-0.3, -0.25) is 4.79 Å². The van der Waals surface area contributed by atoms with Gasteiger partial charge in [-0.1, -0.05) is 0 Å². The Bertz CT molecular complexity index is 267. The molecule has 4 nitrogen and oxygen atoms in total. The molecule has 5 heteroatoms. The van der Waals surface area contributed by atoms with Crippen molar-refractivity contribution in [3.8, 4) is 0 Å². The molecular weight excluding hydrogens is 166 g/mol. The lowest BCUT2D eigenvalue weighted by molar-refractivity contribution is -0.135. The molecule has 58 valence electrons. The van der Waals surface area contributed by atoms with Crippen molar-refractivity contribution in [2.24, 2.45) is 0 Å². The van der Waals surface area contributed by atoms with Crippen LogP contribution in [0.3, 0.4) is 0 Å². The number of rotatable bonds is 2. The number of thiazole rings is 1. The normalized spacial score (nSPS) is 9.18. The number of ketones is 1. The van der Waals surface area contributed by atoms with Gasteiger partial charge in [0.25, 0.3) is 5.78 Å². The lowest BCUT2D eigenvalue weighted by atomic mass is 10.4. The molecular formula is C6H5NO3S. The number of aromatic nitrogens is 1. The largest absolute Gasteiger partial charge is 0.463 e. The summed E-state index contributed by atoms with van der Waals surface area (Å²) in [6.07, 6.45) is 1.46. The molecule has 0 N–H and O–H groups in total. The lowest BCUT2D eigenvalue weighted by Gasteiger charge is -1.91. The standard InChI is InChI=1S/C6H5NO3S/c1-10-6(9)4(8)5-7-2-3-11-5/h2-3H,1H3. The zero-order valence-corrected chi connectivity index (χ0v) is 6.55. The molecule has 0 radical (unpaired) electrons. The van der Waals surface area contributed by atoms with Crippen molar-refractivity contribution in [1.82, 2.24) is 4.98 Å². The highest BCUT2D eigenvalue weighted by molar-refractivity contribution is 7.12. The first kappa shape index (κ1) is 7.87. The molecule has 0 bridgehead atoms. The Morgan fingerprint density at radius 1 is 1.64 bits per heavy atom. The summed E-state index contributed by atoms with van der Waals surface area (Å²) in [5, 5.41) is 1.78. The minimum Gasteiger partial charge on any atom is -0.463 e. The molecule has 1 heterocycles. The zero-order chi connectivity index (χ0) is 8.27. The highest BCUT2D eigenvalue weighted by atomic mass is 32.1. The summed E-state index contributed by atoms with van der Waals surface area (Å²) < 4.78 is 4.21. The summed E-state index contributed by atoms with van der Waals surface area (Å²) in [5.74, 6) is -1.57. The summed E-state index contributed by atoms with van der Waals surface area (Å²) >= 11 is 1.11. The average molecular weight is 171 g/mol. The topological polar surface area (TPSA) is 56.3 Å². The van der Waals surface area contributed by atoms with E-state index >= 15 is 0 Å². The van der Waals surface area contributed by atoms with Crippen LogP contribution in [0.25, 0.3) is 0 Å². The van der Waals surface area contributed by atoms with Gasteiger partial charge in [0.1, 0.15) is 0 Å². The minimum atomic E-state index is -0.875. The Kier molecular flexibility index (Phi) is 2.32. The summed E-state index contributed by atoms with van der Waals surface area (Å²) in [6.45, 7) is 0. The van der Waals surface area contributed by atoms with Gasteiger partial charge in [-0.15, -0.1) is 11.3 Å². The fourth-order valence-corrected chi connectivity index (χ4v) is 1.08. The number of nitrogens with zero attached hydrogens (tertiary/aromatic N) is 1. The van der Waals surface area contributed by atoms with Crippen molar-refractivity contribution in [1.29, 1.82) is 0 Å². The van der Waals surface area contributed by atoms with Gasteiger partial charge >= 0.3 is 5.97 Å². The van der Waals surface area contributed by atoms with Crippen LogP contribution < -0.4 is 0 Å². The number of hydrogen-bond donors (Lipinski definition) is 0. The van der Waals surface area contributed by atoms with Crippen LogP contribution in [-0.2, 0) is 9.53 Å². The number of carbonyl (C=O) groups is 2. The average Bonchev–Trinajstić information content (AvgIpc) is 2.53. The van der Waals surface area contributed by atoms with E-state index in [4.69, 9.17) is 0 Å². The van der Waals surface area contributed by atoms with Gasteiger partial charge in [0, 0.05) is 11.6 Å². The number of Topliss-reactive ketones (excluding diaryl/α,β-unsaturated/α-hetero) is 1. The molecule has 1 rings (SSSR count). The second kappa shape index (κ2) is 3.25. The summed E-state index contributed by atoms with van der Waals surface area (Å²) in [7, 11) is 1.16. The molecule has 11 heavy (non-hydrogen) atoms. The van der Waals surface area contributed by atoms with Crippen molar-refractivity contribution in [3.05, 3.63) is 16.6 Å². The SMILES string of the molecule is COC(=O)C(=O)c1nccs1. The lowest BCUT2D eigenvalue weighted by Crippen LogP contribution is -2.15. The summed E-state index contributed by atoms with van der Waals surface area (Å²) in [5.41, 5.74) is 0. The van der Waals surface area contributed by atoms with E-state index in [0.717, 1.165) is 18.4 Å². The van der Waals surface area contributed by atoms with E-state index in [1.807, 2.05) is 0 Å². The van der Waals surface area contributed by atoms with E-state index in [-0.39, 0.29) is 5.01 Å². The molecule has 0 saturated heterocycles. The predicted molar refractivity (Wildman–Crippen MR) is 38.5 cm³/mol. The molecule has 1 aromatic heterocycles. The highest BCUT2D eigenvalue weighted by Crippen LogP contribution is 2.05. The Hall–Kier alpha value is -1.23. The van der Waals surface area contributed by atoms with E-state index in [0.29, 0.717) is 0 Å². The molecule has 0 atom stereocenters. The number of esters is 1. The highest BCUT2D eigenvalue weighted by Gasteiger charge is 2.18. The van der Waals surface area contributed by atoms with Gasteiger partial charge in [-0.05, 0) is 0 Å². The number of hydrogen-bond acceptors (Lipinski definition) is 5. The quantitative estimate of drug-likeness (QED) is 0.369. The first-order chi connectivity index (χ1) is 5.25. The van der Waals surface area contributed by atoms with Crippen molar-refractivity contribution in [2.45, 2.75) is 0 Å². The number of methoxy groups -OCH3 is 1. The van der Waals surface area contributed by atoms with E-state index < -0.39 is 11.8 Å². The fourth-order valence-electron chi connectivity index (χ4n) is 0.516. The van der Waals surface area contributed by atoms with Gasteiger partial charge in [0.05, 0.1) is 7.11 Å². The Morgan fingerprint density at radius 2 is 2.36 bits per heavy atom. The Labute approximate surface area is 66.8 Å². The third-order valence-corrected chi connectivity index (χ3v) is 1.77. The second-order valence-electron chi connectivity index (χ2n) is 1.66. The van der Waals surface area contributed by atoms with Crippen LogP contribution in [0.15, 0.2) is 11.6 Å². The van der Waals surface area contributed by atoms with Gasteiger partial charge in [-0.25, -0.2) is 9.78 Å². The molecule has 0 aliphatic carbocycles. The maximum absolute atomic E-state index is 10.9. The Morgan fingerprint density at radius 3 is 2.82 bits per heavy atom. The molecule has 0 aliphatic heterocycles. The van der Waals surface area contributed by atoms with Crippen LogP contribution in [0, 0.1) is 0 Å². The van der Waals surface area contributed by atoms with Crippen molar-refractivity contribution >= 4 is 23.1 Å². The molecule has 1 aromatic rings. The first-order valence-corrected chi connectivity index (χ1v) is 3.66. The van der Waals surface area contributed by atoms with Crippen LogP contribution in [0.4, 0.5) is 0 Å². The van der Waals surface area contributed by atoms with Crippen LogP contribution in [0.1, 0.15) is 9.80 Å². The third kappa shape index (κ3) is 1.62. The van der Waals surface area contributed by atoms with Crippen molar-refractivity contribution in [2.75, 3.05) is 7.11 Å².